The van der Waals surface area contributed by atoms with Crippen LogP contribution in [0.5, 0.6) is 0 Å². The maximum Gasteiger partial charge on any atom is 0.134 e. The average molecular weight is 244 g/mol. The van der Waals surface area contributed by atoms with E-state index in [1.165, 1.54) is 0 Å². The summed E-state index contributed by atoms with van der Waals surface area (Å²) in [6.07, 6.45) is 1.87. The number of thiazole rings is 1. The Morgan fingerprint density at radius 1 is 1.35 bits per heavy atom. The molecule has 0 aliphatic rings. The molecule has 3 rings (SSSR count). The highest BCUT2D eigenvalue weighted by Gasteiger charge is 2.17. The molecule has 0 saturated carbocycles. The number of furan rings is 1. The van der Waals surface area contributed by atoms with Crippen LogP contribution in [-0.2, 0) is 0 Å². The Morgan fingerprint density at radius 2 is 2.24 bits per heavy atom. The monoisotopic (exact) mass is 244 g/mol. The highest BCUT2D eigenvalue weighted by Crippen LogP contribution is 2.29. The fourth-order valence-electron chi connectivity index (χ4n) is 1.94. The average Bonchev–Trinajstić information content (AvgIpc) is 2.98. The van der Waals surface area contributed by atoms with Crippen molar-refractivity contribution in [1.82, 2.24) is 10.3 Å². The Kier molecular flexibility index (Phi) is 2.66. The van der Waals surface area contributed by atoms with Gasteiger partial charge in [-0.1, -0.05) is 18.2 Å². The first-order chi connectivity index (χ1) is 8.38. The third-order valence-electron chi connectivity index (χ3n) is 2.75. The van der Waals surface area contributed by atoms with E-state index in [1.807, 2.05) is 37.0 Å². The Bertz CT molecular complexity index is 582. The molecule has 0 saturated heterocycles. The van der Waals surface area contributed by atoms with Crippen LogP contribution in [0.2, 0.25) is 0 Å². The van der Waals surface area contributed by atoms with Crippen LogP contribution in [0.25, 0.3) is 11.0 Å². The number of aromatic nitrogens is 1. The number of hydrogen-bond acceptors (Lipinski definition) is 4. The summed E-state index contributed by atoms with van der Waals surface area (Å²) in [6, 6.07) is 10.2. The SMILES string of the molecule is CNC(c1cc2ccccc2o1)c1cncs1. The van der Waals surface area contributed by atoms with Gasteiger partial charge in [-0.2, -0.15) is 0 Å². The Balaban J connectivity index is 2.07. The summed E-state index contributed by atoms with van der Waals surface area (Å²) in [4.78, 5) is 5.27. The molecule has 86 valence electrons. The summed E-state index contributed by atoms with van der Waals surface area (Å²) in [5.41, 5.74) is 2.76. The summed E-state index contributed by atoms with van der Waals surface area (Å²) in [7, 11) is 1.93. The number of nitrogens with zero attached hydrogens (tertiary/aromatic N) is 1. The van der Waals surface area contributed by atoms with E-state index in [0.717, 1.165) is 21.6 Å². The van der Waals surface area contributed by atoms with Crippen molar-refractivity contribution in [2.75, 3.05) is 7.05 Å². The van der Waals surface area contributed by atoms with Gasteiger partial charge in [0.25, 0.3) is 0 Å². The molecule has 3 nitrogen and oxygen atoms in total. The minimum Gasteiger partial charge on any atom is -0.459 e. The lowest BCUT2D eigenvalue weighted by atomic mass is 10.2. The molecule has 0 spiro atoms. The molecule has 17 heavy (non-hydrogen) atoms. The zero-order valence-electron chi connectivity index (χ0n) is 9.38. The molecule has 0 radical (unpaired) electrons. The maximum atomic E-state index is 5.86. The molecule has 4 heteroatoms. The van der Waals surface area contributed by atoms with Gasteiger partial charge in [0, 0.05) is 16.5 Å². The van der Waals surface area contributed by atoms with Crippen molar-refractivity contribution in [3.63, 3.8) is 0 Å². The van der Waals surface area contributed by atoms with Crippen molar-refractivity contribution in [3.05, 3.63) is 52.7 Å². The molecular weight excluding hydrogens is 232 g/mol. The second-order valence-corrected chi connectivity index (χ2v) is 4.73. The van der Waals surface area contributed by atoms with Gasteiger partial charge in [-0.25, -0.2) is 0 Å². The lowest BCUT2D eigenvalue weighted by Gasteiger charge is -2.10. The van der Waals surface area contributed by atoms with E-state index < -0.39 is 0 Å². The molecule has 0 fully saturated rings. The Labute approximate surface area is 103 Å². The number of hydrogen-bond donors (Lipinski definition) is 1. The van der Waals surface area contributed by atoms with Gasteiger partial charge in [0.05, 0.1) is 5.51 Å². The molecule has 2 aromatic heterocycles. The molecule has 0 aliphatic carbocycles. The molecule has 1 aromatic carbocycles. The predicted molar refractivity (Wildman–Crippen MR) is 69.2 cm³/mol. The van der Waals surface area contributed by atoms with E-state index in [0.29, 0.717) is 0 Å². The van der Waals surface area contributed by atoms with Crippen molar-refractivity contribution < 1.29 is 4.42 Å². The zero-order chi connectivity index (χ0) is 11.7. The fraction of sp³-hybridized carbons (Fsp3) is 0.154. The molecule has 0 bridgehead atoms. The Morgan fingerprint density at radius 3 is 2.94 bits per heavy atom. The van der Waals surface area contributed by atoms with E-state index in [-0.39, 0.29) is 6.04 Å². The summed E-state index contributed by atoms with van der Waals surface area (Å²) in [5, 5.41) is 4.39. The van der Waals surface area contributed by atoms with Crippen LogP contribution in [0.1, 0.15) is 16.7 Å². The lowest BCUT2D eigenvalue weighted by Crippen LogP contribution is -2.15. The fourth-order valence-corrected chi connectivity index (χ4v) is 2.67. The van der Waals surface area contributed by atoms with Crippen LogP contribution in [0, 0.1) is 0 Å². The largest absolute Gasteiger partial charge is 0.459 e. The van der Waals surface area contributed by atoms with Gasteiger partial charge in [-0.3, -0.25) is 4.98 Å². The molecule has 1 unspecified atom stereocenters. The van der Waals surface area contributed by atoms with Gasteiger partial charge in [-0.05, 0) is 19.2 Å². The highest BCUT2D eigenvalue weighted by atomic mass is 32.1. The van der Waals surface area contributed by atoms with Crippen LogP contribution in [0.15, 0.2) is 46.5 Å². The van der Waals surface area contributed by atoms with Crippen molar-refractivity contribution in [1.29, 1.82) is 0 Å². The Hall–Kier alpha value is -1.65. The number of para-hydroxylation sites is 1. The van der Waals surface area contributed by atoms with Crippen LogP contribution in [-0.4, -0.2) is 12.0 Å². The maximum absolute atomic E-state index is 5.86. The summed E-state index contributed by atoms with van der Waals surface area (Å²) in [6.45, 7) is 0. The van der Waals surface area contributed by atoms with Gasteiger partial charge in [-0.15, -0.1) is 11.3 Å². The van der Waals surface area contributed by atoms with Crippen LogP contribution < -0.4 is 5.32 Å². The topological polar surface area (TPSA) is 38.1 Å². The normalized spacial score (nSPS) is 13.0. The first-order valence-corrected chi connectivity index (χ1v) is 6.30. The molecule has 2 heterocycles. The number of nitrogens with one attached hydrogen (secondary N) is 1. The highest BCUT2D eigenvalue weighted by molar-refractivity contribution is 7.09. The number of fused-ring (bicyclic) bond motifs is 1. The molecule has 1 N–H and O–H groups in total. The quantitative estimate of drug-likeness (QED) is 0.769. The van der Waals surface area contributed by atoms with Crippen LogP contribution >= 0.6 is 11.3 Å². The first kappa shape index (κ1) is 10.5. The smallest absolute Gasteiger partial charge is 0.134 e. The predicted octanol–water partition coefficient (Wildman–Crippen LogP) is 3.20. The summed E-state index contributed by atoms with van der Waals surface area (Å²) >= 11 is 1.63. The number of benzene rings is 1. The summed E-state index contributed by atoms with van der Waals surface area (Å²) < 4.78 is 5.86. The van der Waals surface area contributed by atoms with Crippen LogP contribution in [0.3, 0.4) is 0 Å². The minimum absolute atomic E-state index is 0.0786. The van der Waals surface area contributed by atoms with Gasteiger partial charge in [0.15, 0.2) is 0 Å². The van der Waals surface area contributed by atoms with Crippen molar-refractivity contribution in [3.8, 4) is 0 Å². The molecule has 0 aliphatic heterocycles. The van der Waals surface area contributed by atoms with Crippen molar-refractivity contribution in [2.45, 2.75) is 6.04 Å². The second-order valence-electron chi connectivity index (χ2n) is 3.81. The zero-order valence-corrected chi connectivity index (χ0v) is 10.2. The molecular formula is C13H12N2OS. The molecule has 0 amide bonds. The third-order valence-corrected chi connectivity index (χ3v) is 3.59. The van der Waals surface area contributed by atoms with Crippen molar-refractivity contribution >= 4 is 22.3 Å². The summed E-state index contributed by atoms with van der Waals surface area (Å²) in [5.74, 6) is 0.929. The third kappa shape index (κ3) is 1.85. The molecule has 3 aromatic rings. The van der Waals surface area contributed by atoms with Crippen molar-refractivity contribution in [2.24, 2.45) is 0 Å². The van der Waals surface area contributed by atoms with E-state index in [1.54, 1.807) is 11.3 Å². The van der Waals surface area contributed by atoms with Crippen LogP contribution in [0.4, 0.5) is 0 Å². The van der Waals surface area contributed by atoms with E-state index in [9.17, 15) is 0 Å². The first-order valence-electron chi connectivity index (χ1n) is 5.42. The van der Waals surface area contributed by atoms with Gasteiger partial charge in [0.2, 0.25) is 0 Å². The number of rotatable bonds is 3. The van der Waals surface area contributed by atoms with E-state index in [2.05, 4.69) is 22.4 Å². The standard InChI is InChI=1S/C13H12N2OS/c1-14-13(12-7-15-8-17-12)11-6-9-4-2-3-5-10(9)16-11/h2-8,13-14H,1H3. The van der Waals surface area contributed by atoms with Gasteiger partial charge < -0.3 is 9.73 Å². The lowest BCUT2D eigenvalue weighted by molar-refractivity contribution is 0.495. The van der Waals surface area contributed by atoms with Gasteiger partial charge in [0.1, 0.15) is 17.4 Å². The van der Waals surface area contributed by atoms with E-state index in [4.69, 9.17) is 4.42 Å². The minimum atomic E-state index is 0.0786. The van der Waals surface area contributed by atoms with E-state index >= 15 is 0 Å². The molecule has 1 atom stereocenters. The van der Waals surface area contributed by atoms with Gasteiger partial charge >= 0.3 is 0 Å². The second kappa shape index (κ2) is 4.31.